The third-order valence-corrected chi connectivity index (χ3v) is 3.21. The molecule has 1 heterocycles. The van der Waals surface area contributed by atoms with E-state index in [0.29, 0.717) is 6.54 Å². The number of halogens is 1. The van der Waals surface area contributed by atoms with Crippen molar-refractivity contribution < 1.29 is 9.21 Å². The van der Waals surface area contributed by atoms with Crippen LogP contribution in [0.25, 0.3) is 0 Å². The number of furan rings is 1. The van der Waals surface area contributed by atoms with Gasteiger partial charge in [-0.3, -0.25) is 4.79 Å². The number of carbonyl (C=O) groups is 1. The van der Waals surface area contributed by atoms with E-state index in [4.69, 9.17) is 16.0 Å². The minimum atomic E-state index is -0.186. The highest BCUT2D eigenvalue weighted by Crippen LogP contribution is 2.17. The fourth-order valence-corrected chi connectivity index (χ4v) is 2.01. The molecular formula is C15H17ClN2O2. The van der Waals surface area contributed by atoms with Crippen LogP contribution < -0.4 is 4.90 Å². The third-order valence-electron chi connectivity index (χ3n) is 3.00. The van der Waals surface area contributed by atoms with Crippen molar-refractivity contribution in [3.63, 3.8) is 0 Å². The average Bonchev–Trinajstić information content (AvgIpc) is 2.85. The van der Waals surface area contributed by atoms with E-state index in [0.717, 1.165) is 11.3 Å². The summed E-state index contributed by atoms with van der Waals surface area (Å²) in [6, 6.07) is 11.2. The van der Waals surface area contributed by atoms with E-state index >= 15 is 0 Å². The van der Waals surface area contributed by atoms with E-state index in [1.807, 2.05) is 43.3 Å². The van der Waals surface area contributed by atoms with Crippen LogP contribution in [0.3, 0.4) is 0 Å². The van der Waals surface area contributed by atoms with E-state index in [1.165, 1.54) is 0 Å². The Morgan fingerprint density at radius 2 is 1.75 bits per heavy atom. The number of benzene rings is 1. The molecule has 0 fully saturated rings. The van der Waals surface area contributed by atoms with Crippen LogP contribution >= 0.6 is 11.6 Å². The lowest BCUT2D eigenvalue weighted by Gasteiger charge is -2.17. The van der Waals surface area contributed by atoms with E-state index in [2.05, 4.69) is 0 Å². The Hall–Kier alpha value is -1.94. The second-order valence-corrected chi connectivity index (χ2v) is 5.20. The maximum atomic E-state index is 12.1. The van der Waals surface area contributed by atoms with Crippen LogP contribution in [-0.2, 0) is 6.54 Å². The van der Waals surface area contributed by atoms with Crippen molar-refractivity contribution in [3.8, 4) is 0 Å². The van der Waals surface area contributed by atoms with Gasteiger partial charge in [0.05, 0.1) is 0 Å². The van der Waals surface area contributed by atoms with E-state index < -0.39 is 0 Å². The van der Waals surface area contributed by atoms with Crippen molar-refractivity contribution in [2.24, 2.45) is 0 Å². The predicted octanol–water partition coefficient (Wildman–Crippen LogP) is 3.27. The van der Waals surface area contributed by atoms with E-state index in [1.54, 1.807) is 24.1 Å². The Morgan fingerprint density at radius 3 is 2.25 bits per heavy atom. The highest BCUT2D eigenvalue weighted by molar-refractivity contribution is 6.29. The summed E-state index contributed by atoms with van der Waals surface area (Å²) in [5.41, 5.74) is 2.18. The molecule has 0 saturated heterocycles. The van der Waals surface area contributed by atoms with Crippen molar-refractivity contribution >= 4 is 23.2 Å². The molecule has 1 aromatic heterocycles. The second-order valence-electron chi connectivity index (χ2n) is 4.83. The number of amides is 1. The molecule has 1 amide bonds. The molecule has 0 aliphatic heterocycles. The van der Waals surface area contributed by atoms with Gasteiger partial charge in [0, 0.05) is 33.4 Å². The average molecular weight is 293 g/mol. The first kappa shape index (κ1) is 14.5. The molecule has 0 aliphatic rings. The number of rotatable bonds is 4. The Morgan fingerprint density at radius 1 is 1.10 bits per heavy atom. The maximum Gasteiger partial charge on any atom is 0.289 e. The van der Waals surface area contributed by atoms with Crippen LogP contribution in [0.4, 0.5) is 5.69 Å². The largest absolute Gasteiger partial charge is 0.440 e. The van der Waals surface area contributed by atoms with E-state index in [9.17, 15) is 4.79 Å². The van der Waals surface area contributed by atoms with Gasteiger partial charge in [0.15, 0.2) is 11.0 Å². The summed E-state index contributed by atoms with van der Waals surface area (Å²) in [7, 11) is 5.72. The van der Waals surface area contributed by atoms with Gasteiger partial charge in [-0.1, -0.05) is 12.1 Å². The summed E-state index contributed by atoms with van der Waals surface area (Å²) >= 11 is 5.67. The molecule has 0 saturated carbocycles. The van der Waals surface area contributed by atoms with Crippen LogP contribution in [0.15, 0.2) is 40.8 Å². The topological polar surface area (TPSA) is 36.7 Å². The molecule has 4 nitrogen and oxygen atoms in total. The first-order valence-electron chi connectivity index (χ1n) is 6.24. The normalized spacial score (nSPS) is 10.4. The summed E-state index contributed by atoms with van der Waals surface area (Å²) in [4.78, 5) is 15.7. The zero-order chi connectivity index (χ0) is 14.7. The number of carbonyl (C=O) groups excluding carboxylic acids is 1. The molecule has 0 atom stereocenters. The van der Waals surface area contributed by atoms with Gasteiger partial charge < -0.3 is 14.2 Å². The summed E-state index contributed by atoms with van der Waals surface area (Å²) in [6.45, 7) is 0.519. The molecule has 2 aromatic rings. The SMILES string of the molecule is CN(Cc1ccc(N(C)C)cc1)C(=O)c1ccc(Cl)o1. The Bertz CT molecular complexity index is 590. The third kappa shape index (κ3) is 3.33. The minimum absolute atomic E-state index is 0.186. The molecule has 106 valence electrons. The second kappa shape index (κ2) is 6.01. The van der Waals surface area contributed by atoms with Crippen LogP contribution in [-0.4, -0.2) is 32.0 Å². The fourth-order valence-electron chi connectivity index (χ4n) is 1.86. The number of nitrogens with zero attached hydrogens (tertiary/aromatic N) is 2. The highest BCUT2D eigenvalue weighted by atomic mass is 35.5. The molecule has 0 bridgehead atoms. The summed E-state index contributed by atoms with van der Waals surface area (Å²) in [5, 5.41) is 0.220. The van der Waals surface area contributed by atoms with Gasteiger partial charge >= 0.3 is 0 Å². The van der Waals surface area contributed by atoms with Crippen molar-refractivity contribution in [2.75, 3.05) is 26.0 Å². The first-order chi connectivity index (χ1) is 9.47. The molecule has 1 aromatic carbocycles. The smallest absolute Gasteiger partial charge is 0.289 e. The minimum Gasteiger partial charge on any atom is -0.440 e. The molecule has 0 N–H and O–H groups in total. The standard InChI is InChI=1S/C15H17ClN2O2/c1-17(2)12-6-4-11(5-7-12)10-18(3)15(19)13-8-9-14(16)20-13/h4-9H,10H2,1-3H3. The molecule has 20 heavy (non-hydrogen) atoms. The lowest BCUT2D eigenvalue weighted by Crippen LogP contribution is -2.25. The molecule has 0 unspecified atom stereocenters. The fraction of sp³-hybridized carbons (Fsp3) is 0.267. The summed E-state index contributed by atoms with van der Waals surface area (Å²) < 4.78 is 5.12. The highest BCUT2D eigenvalue weighted by Gasteiger charge is 2.15. The molecule has 0 radical (unpaired) electrons. The van der Waals surface area contributed by atoms with Crippen molar-refractivity contribution in [1.29, 1.82) is 0 Å². The van der Waals surface area contributed by atoms with Gasteiger partial charge in [-0.25, -0.2) is 0 Å². The number of hydrogen-bond acceptors (Lipinski definition) is 3. The number of anilines is 1. The van der Waals surface area contributed by atoms with Gasteiger partial charge in [0.2, 0.25) is 0 Å². The first-order valence-corrected chi connectivity index (χ1v) is 6.62. The molecular weight excluding hydrogens is 276 g/mol. The molecule has 5 heteroatoms. The zero-order valence-corrected chi connectivity index (χ0v) is 12.5. The molecule has 0 aliphatic carbocycles. The van der Waals surface area contributed by atoms with Gasteiger partial charge in [0.1, 0.15) is 0 Å². The van der Waals surface area contributed by atoms with Crippen molar-refractivity contribution in [2.45, 2.75) is 6.54 Å². The van der Waals surface area contributed by atoms with Gasteiger partial charge in [0.25, 0.3) is 5.91 Å². The monoisotopic (exact) mass is 292 g/mol. The van der Waals surface area contributed by atoms with E-state index in [-0.39, 0.29) is 16.9 Å². The summed E-state index contributed by atoms with van der Waals surface area (Å²) in [5.74, 6) is 0.0657. The van der Waals surface area contributed by atoms with Crippen molar-refractivity contribution in [1.82, 2.24) is 4.90 Å². The van der Waals surface area contributed by atoms with Gasteiger partial charge in [-0.2, -0.15) is 0 Å². The Kier molecular flexibility index (Phi) is 4.35. The van der Waals surface area contributed by atoms with Crippen LogP contribution in [0.5, 0.6) is 0 Å². The molecule has 2 rings (SSSR count). The van der Waals surface area contributed by atoms with Crippen LogP contribution in [0, 0.1) is 0 Å². The maximum absolute atomic E-state index is 12.1. The molecule has 0 spiro atoms. The predicted molar refractivity (Wildman–Crippen MR) is 80.3 cm³/mol. The summed E-state index contributed by atoms with van der Waals surface area (Å²) in [6.07, 6.45) is 0. The lowest BCUT2D eigenvalue weighted by atomic mass is 10.2. The lowest BCUT2D eigenvalue weighted by molar-refractivity contribution is 0.0753. The van der Waals surface area contributed by atoms with Crippen LogP contribution in [0.1, 0.15) is 16.1 Å². The Labute approximate surface area is 123 Å². The zero-order valence-electron chi connectivity index (χ0n) is 11.8. The van der Waals surface area contributed by atoms with Crippen LogP contribution in [0.2, 0.25) is 5.22 Å². The van der Waals surface area contributed by atoms with Gasteiger partial charge in [-0.15, -0.1) is 0 Å². The number of hydrogen-bond donors (Lipinski definition) is 0. The van der Waals surface area contributed by atoms with Crippen molar-refractivity contribution in [3.05, 3.63) is 52.9 Å². The quantitative estimate of drug-likeness (QED) is 0.868. The van der Waals surface area contributed by atoms with Gasteiger partial charge in [-0.05, 0) is 41.4 Å². The Balaban J connectivity index is 2.03.